The topological polar surface area (TPSA) is 38.9 Å². The minimum absolute atomic E-state index is 0. The monoisotopic (exact) mass is 126 g/mol. The van der Waals surface area contributed by atoms with Crippen LogP contribution in [0, 0.1) is 0 Å². The van der Waals surface area contributed by atoms with Crippen LogP contribution in [0.5, 0.6) is 0 Å². The van der Waals surface area contributed by atoms with Gasteiger partial charge in [-0.2, -0.15) is 0 Å². The molecule has 2 nitrogen and oxygen atoms in total. The maximum atomic E-state index is 5.25. The van der Waals surface area contributed by atoms with Crippen LogP contribution < -0.4 is 5.73 Å². The van der Waals surface area contributed by atoms with Gasteiger partial charge in [-0.3, -0.25) is 0 Å². The SMILES string of the molecule is Nc1ccccn1.[SiH4]. The van der Waals surface area contributed by atoms with E-state index in [0.29, 0.717) is 5.82 Å². The van der Waals surface area contributed by atoms with Crippen LogP contribution in [0.3, 0.4) is 0 Å². The molecule has 0 aromatic carbocycles. The van der Waals surface area contributed by atoms with E-state index in [1.807, 2.05) is 12.1 Å². The molecule has 0 bridgehead atoms. The highest BCUT2D eigenvalue weighted by molar-refractivity contribution is 5.75. The number of nitrogen functional groups attached to an aromatic ring is 1. The molecule has 2 N–H and O–H groups in total. The maximum absolute atomic E-state index is 5.25. The fourth-order valence-corrected chi connectivity index (χ4v) is 0.376. The molecule has 8 heavy (non-hydrogen) atoms. The second-order valence-corrected chi connectivity index (χ2v) is 1.25. The number of aromatic nitrogens is 1. The summed E-state index contributed by atoms with van der Waals surface area (Å²) in [6, 6.07) is 5.43. The molecule has 0 amide bonds. The van der Waals surface area contributed by atoms with Crippen LogP contribution in [0.4, 0.5) is 5.82 Å². The van der Waals surface area contributed by atoms with Crippen molar-refractivity contribution in [2.75, 3.05) is 5.73 Å². The van der Waals surface area contributed by atoms with Crippen molar-refractivity contribution in [1.82, 2.24) is 4.98 Å². The summed E-state index contributed by atoms with van der Waals surface area (Å²) in [4.78, 5) is 3.76. The smallest absolute Gasteiger partial charge is 0.123 e. The average Bonchev–Trinajstić information content (AvgIpc) is 1.69. The Morgan fingerprint density at radius 2 is 2.12 bits per heavy atom. The van der Waals surface area contributed by atoms with Crippen molar-refractivity contribution in [2.45, 2.75) is 0 Å². The second-order valence-electron chi connectivity index (χ2n) is 1.25. The Balaban J connectivity index is 0.000000490. The Morgan fingerprint density at radius 3 is 2.38 bits per heavy atom. The molecule has 0 unspecified atom stereocenters. The standard InChI is InChI=1S/C5H6N2.H4Si/c6-5-3-1-2-4-7-5;/h1-4H,(H2,6,7);1H4. The molecule has 0 aliphatic rings. The van der Waals surface area contributed by atoms with E-state index in [2.05, 4.69) is 4.98 Å². The first kappa shape index (κ1) is 7.17. The highest BCUT2D eigenvalue weighted by Crippen LogP contribution is 1.89. The van der Waals surface area contributed by atoms with Gasteiger partial charge >= 0.3 is 0 Å². The number of hydrogen-bond acceptors (Lipinski definition) is 2. The Kier molecular flexibility index (Phi) is 2.87. The minimum atomic E-state index is 0. The van der Waals surface area contributed by atoms with Crippen LogP contribution in [0.15, 0.2) is 24.4 Å². The fraction of sp³-hybridized carbons (Fsp3) is 0. The number of nitrogens with two attached hydrogens (primary N) is 1. The molecule has 44 valence electrons. The molecule has 1 aromatic heterocycles. The van der Waals surface area contributed by atoms with E-state index in [1.54, 1.807) is 12.3 Å². The zero-order chi connectivity index (χ0) is 5.11. The van der Waals surface area contributed by atoms with E-state index in [1.165, 1.54) is 0 Å². The molecule has 0 fully saturated rings. The van der Waals surface area contributed by atoms with Gasteiger partial charge in [0.05, 0.1) is 0 Å². The van der Waals surface area contributed by atoms with E-state index >= 15 is 0 Å². The van der Waals surface area contributed by atoms with Gasteiger partial charge in [0, 0.05) is 6.20 Å². The van der Waals surface area contributed by atoms with Gasteiger partial charge in [0.1, 0.15) is 5.82 Å². The van der Waals surface area contributed by atoms with Crippen molar-refractivity contribution in [3.8, 4) is 0 Å². The van der Waals surface area contributed by atoms with Crippen molar-refractivity contribution >= 4 is 16.8 Å². The Morgan fingerprint density at radius 1 is 1.38 bits per heavy atom. The normalized spacial score (nSPS) is 7.50. The van der Waals surface area contributed by atoms with Crippen LogP contribution in [0.2, 0.25) is 0 Å². The zero-order valence-electron chi connectivity index (χ0n) is 3.83. The van der Waals surface area contributed by atoms with Crippen molar-refractivity contribution in [1.29, 1.82) is 0 Å². The van der Waals surface area contributed by atoms with Crippen LogP contribution in [-0.2, 0) is 0 Å². The van der Waals surface area contributed by atoms with Gasteiger partial charge in [-0.25, -0.2) is 4.98 Å². The molecular formula is C5H10N2Si. The molecule has 0 aliphatic carbocycles. The van der Waals surface area contributed by atoms with Crippen LogP contribution in [0.25, 0.3) is 0 Å². The third-order valence-corrected chi connectivity index (χ3v) is 0.688. The number of anilines is 1. The quantitative estimate of drug-likeness (QED) is 0.463. The fourth-order valence-electron chi connectivity index (χ4n) is 0.376. The van der Waals surface area contributed by atoms with Gasteiger partial charge in [0.2, 0.25) is 0 Å². The predicted molar refractivity (Wildman–Crippen MR) is 40.0 cm³/mol. The molecule has 0 spiro atoms. The summed E-state index contributed by atoms with van der Waals surface area (Å²) >= 11 is 0. The third-order valence-electron chi connectivity index (χ3n) is 0.688. The third kappa shape index (κ3) is 1.75. The summed E-state index contributed by atoms with van der Waals surface area (Å²) in [6.07, 6.45) is 1.66. The second kappa shape index (κ2) is 3.21. The van der Waals surface area contributed by atoms with E-state index in [-0.39, 0.29) is 11.0 Å². The van der Waals surface area contributed by atoms with Gasteiger partial charge in [0.15, 0.2) is 0 Å². The Hall–Kier alpha value is -0.833. The predicted octanol–water partition coefficient (Wildman–Crippen LogP) is -0.788. The molecule has 0 radical (unpaired) electrons. The summed E-state index contributed by atoms with van der Waals surface area (Å²) in [5.41, 5.74) is 5.25. The summed E-state index contributed by atoms with van der Waals surface area (Å²) in [6.45, 7) is 0. The molecule has 1 aromatic rings. The first-order valence-corrected chi connectivity index (χ1v) is 2.06. The summed E-state index contributed by atoms with van der Waals surface area (Å²) < 4.78 is 0. The van der Waals surface area contributed by atoms with Crippen molar-refractivity contribution in [3.63, 3.8) is 0 Å². The van der Waals surface area contributed by atoms with Crippen LogP contribution >= 0.6 is 0 Å². The van der Waals surface area contributed by atoms with Crippen molar-refractivity contribution in [2.24, 2.45) is 0 Å². The first-order valence-electron chi connectivity index (χ1n) is 2.06. The number of nitrogens with zero attached hydrogens (tertiary/aromatic N) is 1. The molecule has 0 atom stereocenters. The highest BCUT2D eigenvalue weighted by Gasteiger charge is 1.73. The molecule has 1 rings (SSSR count). The number of rotatable bonds is 0. The van der Waals surface area contributed by atoms with Gasteiger partial charge < -0.3 is 5.73 Å². The van der Waals surface area contributed by atoms with Gasteiger partial charge in [-0.15, -0.1) is 0 Å². The average molecular weight is 126 g/mol. The van der Waals surface area contributed by atoms with Crippen LogP contribution in [-0.4, -0.2) is 15.9 Å². The first-order chi connectivity index (χ1) is 3.39. The lowest BCUT2D eigenvalue weighted by molar-refractivity contribution is 1.34. The van der Waals surface area contributed by atoms with Gasteiger partial charge in [-0.1, -0.05) is 6.07 Å². The minimum Gasteiger partial charge on any atom is -0.384 e. The van der Waals surface area contributed by atoms with E-state index < -0.39 is 0 Å². The summed E-state index contributed by atoms with van der Waals surface area (Å²) in [5, 5.41) is 0. The molecule has 0 saturated carbocycles. The lowest BCUT2D eigenvalue weighted by Gasteiger charge is -1.82. The van der Waals surface area contributed by atoms with E-state index in [0.717, 1.165) is 0 Å². The van der Waals surface area contributed by atoms with Crippen LogP contribution in [0.1, 0.15) is 0 Å². The highest BCUT2D eigenvalue weighted by atomic mass is 28.1. The summed E-state index contributed by atoms with van der Waals surface area (Å²) in [5.74, 6) is 0.572. The molecular weight excluding hydrogens is 116 g/mol. The van der Waals surface area contributed by atoms with Gasteiger partial charge in [0.25, 0.3) is 0 Å². The lowest BCUT2D eigenvalue weighted by atomic mass is 10.5. The molecule has 0 saturated heterocycles. The van der Waals surface area contributed by atoms with Crippen molar-refractivity contribution in [3.05, 3.63) is 24.4 Å². The molecule has 3 heteroatoms. The largest absolute Gasteiger partial charge is 0.384 e. The maximum Gasteiger partial charge on any atom is 0.123 e. The van der Waals surface area contributed by atoms with Crippen molar-refractivity contribution < 1.29 is 0 Å². The number of hydrogen-bond donors (Lipinski definition) is 1. The van der Waals surface area contributed by atoms with Gasteiger partial charge in [-0.05, 0) is 23.1 Å². The Labute approximate surface area is 52.8 Å². The Bertz CT molecular complexity index is 140. The summed E-state index contributed by atoms with van der Waals surface area (Å²) in [7, 11) is 0. The zero-order valence-corrected chi connectivity index (χ0v) is 3.83. The number of pyridine rings is 1. The van der Waals surface area contributed by atoms with E-state index in [4.69, 9.17) is 5.73 Å². The van der Waals surface area contributed by atoms with E-state index in [9.17, 15) is 0 Å². The lowest BCUT2D eigenvalue weighted by Crippen LogP contribution is -1.85. The molecule has 0 aliphatic heterocycles. The molecule has 1 heterocycles.